The number of esters is 1. The van der Waals surface area contributed by atoms with Gasteiger partial charge in [-0.15, -0.1) is 0 Å². The van der Waals surface area contributed by atoms with Crippen molar-refractivity contribution in [3.05, 3.63) is 0 Å². The number of carbonyl (C=O) groups excluding carboxylic acids is 1. The van der Waals surface area contributed by atoms with Gasteiger partial charge in [-0.05, 0) is 19.8 Å². The number of nitrogens with one attached hydrogen (secondary N) is 1. The second-order valence-corrected chi connectivity index (χ2v) is 6.43. The predicted octanol–water partition coefficient (Wildman–Crippen LogP) is 1.32. The zero-order valence-electron chi connectivity index (χ0n) is 11.5. The van der Waals surface area contributed by atoms with Crippen LogP contribution in [0.4, 0.5) is 0 Å². The molecule has 3 atom stereocenters. The van der Waals surface area contributed by atoms with Crippen molar-refractivity contribution >= 4 is 5.97 Å². The highest BCUT2D eigenvalue weighted by Crippen LogP contribution is 2.39. The number of quaternary nitrogens is 1. The average molecular weight is 252 g/mol. The SMILES string of the molecule is CCOC(=O)[C@@H]1CC2(CCCCC2)[NH+]2CCC[C@H]12. The number of ether oxygens (including phenoxy) is 1. The predicted molar refractivity (Wildman–Crippen MR) is 69.4 cm³/mol. The molecule has 2 aliphatic heterocycles. The Balaban J connectivity index is 1.80. The van der Waals surface area contributed by atoms with E-state index in [1.54, 1.807) is 4.90 Å². The fourth-order valence-electron chi connectivity index (χ4n) is 4.92. The van der Waals surface area contributed by atoms with Gasteiger partial charge in [0.1, 0.15) is 12.0 Å². The van der Waals surface area contributed by atoms with Gasteiger partial charge in [-0.1, -0.05) is 6.42 Å². The van der Waals surface area contributed by atoms with Crippen molar-refractivity contribution in [3.63, 3.8) is 0 Å². The molecule has 3 heteroatoms. The van der Waals surface area contributed by atoms with Gasteiger partial charge in [-0.3, -0.25) is 4.79 Å². The molecule has 2 heterocycles. The lowest BCUT2D eigenvalue weighted by atomic mass is 9.78. The van der Waals surface area contributed by atoms with Crippen LogP contribution in [0.5, 0.6) is 0 Å². The van der Waals surface area contributed by atoms with Crippen molar-refractivity contribution in [3.8, 4) is 0 Å². The third-order valence-corrected chi connectivity index (χ3v) is 5.59. The zero-order chi connectivity index (χ0) is 12.6. The molecule has 0 bridgehead atoms. The molecule has 0 aromatic carbocycles. The van der Waals surface area contributed by atoms with Crippen molar-refractivity contribution in [1.82, 2.24) is 0 Å². The minimum atomic E-state index is 0.0874. The molecule has 3 fully saturated rings. The maximum absolute atomic E-state index is 12.2. The molecule has 1 unspecified atom stereocenters. The van der Waals surface area contributed by atoms with E-state index in [1.807, 2.05) is 6.92 Å². The first-order chi connectivity index (χ1) is 8.77. The van der Waals surface area contributed by atoms with E-state index in [0.29, 0.717) is 18.2 Å². The molecule has 1 spiro atoms. The Kier molecular flexibility index (Phi) is 3.35. The Bertz CT molecular complexity index is 322. The summed E-state index contributed by atoms with van der Waals surface area (Å²) in [6.45, 7) is 3.74. The molecule has 0 aromatic heterocycles. The van der Waals surface area contributed by atoms with Gasteiger partial charge in [-0.2, -0.15) is 0 Å². The van der Waals surface area contributed by atoms with Crippen LogP contribution in [-0.2, 0) is 9.53 Å². The fraction of sp³-hybridized carbons (Fsp3) is 0.933. The van der Waals surface area contributed by atoms with E-state index < -0.39 is 0 Å². The van der Waals surface area contributed by atoms with E-state index in [9.17, 15) is 4.79 Å². The summed E-state index contributed by atoms with van der Waals surface area (Å²) in [5.41, 5.74) is 0.441. The molecule has 3 rings (SSSR count). The van der Waals surface area contributed by atoms with Crippen molar-refractivity contribution in [2.75, 3.05) is 13.2 Å². The minimum Gasteiger partial charge on any atom is -0.466 e. The van der Waals surface area contributed by atoms with Crippen LogP contribution in [0.25, 0.3) is 0 Å². The lowest BCUT2D eigenvalue weighted by Crippen LogP contribution is -3.19. The summed E-state index contributed by atoms with van der Waals surface area (Å²) >= 11 is 0. The van der Waals surface area contributed by atoms with E-state index in [0.717, 1.165) is 6.42 Å². The molecule has 1 aliphatic carbocycles. The van der Waals surface area contributed by atoms with Gasteiger partial charge in [0.05, 0.1) is 18.7 Å². The van der Waals surface area contributed by atoms with Crippen LogP contribution in [0.1, 0.15) is 58.3 Å². The van der Waals surface area contributed by atoms with Crippen LogP contribution in [0.3, 0.4) is 0 Å². The maximum Gasteiger partial charge on any atom is 0.315 e. The summed E-state index contributed by atoms with van der Waals surface area (Å²) < 4.78 is 5.32. The molecule has 3 aliphatic rings. The summed E-state index contributed by atoms with van der Waals surface area (Å²) in [5.74, 6) is 0.282. The smallest absolute Gasteiger partial charge is 0.315 e. The molecular formula is C15H26NO2+. The van der Waals surface area contributed by atoms with Gasteiger partial charge in [0.15, 0.2) is 0 Å². The first kappa shape index (κ1) is 12.5. The molecular weight excluding hydrogens is 226 g/mol. The number of rotatable bonds is 2. The standard InChI is InChI=1S/C15H25NO2/c1-2-18-14(17)12-11-15(8-4-3-5-9-15)16-10-6-7-13(12)16/h12-13H,2-11H2,1H3/p+1/t12-,13-/m1/s1. The van der Waals surface area contributed by atoms with Crippen molar-refractivity contribution in [1.29, 1.82) is 0 Å². The molecule has 18 heavy (non-hydrogen) atoms. The van der Waals surface area contributed by atoms with Crippen molar-refractivity contribution in [2.24, 2.45) is 5.92 Å². The largest absolute Gasteiger partial charge is 0.466 e. The third kappa shape index (κ3) is 1.87. The van der Waals surface area contributed by atoms with Crippen molar-refractivity contribution < 1.29 is 14.4 Å². The van der Waals surface area contributed by atoms with E-state index in [2.05, 4.69) is 0 Å². The van der Waals surface area contributed by atoms with Gasteiger partial charge in [0.2, 0.25) is 0 Å². The second kappa shape index (κ2) is 4.84. The summed E-state index contributed by atoms with van der Waals surface area (Å²) in [7, 11) is 0. The number of hydrogen-bond donors (Lipinski definition) is 1. The second-order valence-electron chi connectivity index (χ2n) is 6.43. The average Bonchev–Trinajstić information content (AvgIpc) is 2.95. The fourth-order valence-corrected chi connectivity index (χ4v) is 4.92. The quantitative estimate of drug-likeness (QED) is 0.751. The minimum absolute atomic E-state index is 0.0874. The topological polar surface area (TPSA) is 30.7 Å². The Labute approximate surface area is 110 Å². The Hall–Kier alpha value is -0.570. The maximum atomic E-state index is 12.2. The normalized spacial score (nSPS) is 37.7. The Morgan fingerprint density at radius 1 is 1.28 bits per heavy atom. The third-order valence-electron chi connectivity index (χ3n) is 5.59. The van der Waals surface area contributed by atoms with Crippen LogP contribution < -0.4 is 4.90 Å². The number of fused-ring (bicyclic) bond motifs is 2. The molecule has 0 amide bonds. The first-order valence-electron chi connectivity index (χ1n) is 7.80. The summed E-state index contributed by atoms with van der Waals surface area (Å²) in [6, 6.07) is 0.571. The molecule has 2 saturated heterocycles. The van der Waals surface area contributed by atoms with Crippen LogP contribution in [-0.4, -0.2) is 30.7 Å². The van der Waals surface area contributed by atoms with Gasteiger partial charge in [-0.25, -0.2) is 0 Å². The van der Waals surface area contributed by atoms with Gasteiger partial charge in [0, 0.05) is 32.1 Å². The van der Waals surface area contributed by atoms with Gasteiger partial charge >= 0.3 is 5.97 Å². The molecule has 0 aromatic rings. The van der Waals surface area contributed by atoms with Crippen LogP contribution in [0.2, 0.25) is 0 Å². The zero-order valence-corrected chi connectivity index (χ0v) is 11.5. The van der Waals surface area contributed by atoms with E-state index in [4.69, 9.17) is 4.74 Å². The molecule has 1 saturated carbocycles. The van der Waals surface area contributed by atoms with Gasteiger partial charge < -0.3 is 9.64 Å². The molecule has 0 radical (unpaired) electrons. The van der Waals surface area contributed by atoms with Crippen LogP contribution in [0, 0.1) is 5.92 Å². The van der Waals surface area contributed by atoms with Crippen LogP contribution in [0.15, 0.2) is 0 Å². The van der Waals surface area contributed by atoms with E-state index in [-0.39, 0.29) is 11.9 Å². The molecule has 102 valence electrons. The van der Waals surface area contributed by atoms with Crippen molar-refractivity contribution in [2.45, 2.75) is 69.9 Å². The highest BCUT2D eigenvalue weighted by molar-refractivity contribution is 5.73. The summed E-state index contributed by atoms with van der Waals surface area (Å²) in [5, 5.41) is 0. The highest BCUT2D eigenvalue weighted by atomic mass is 16.5. The van der Waals surface area contributed by atoms with Gasteiger partial charge in [0.25, 0.3) is 0 Å². The molecule has 3 nitrogen and oxygen atoms in total. The molecule has 1 N–H and O–H groups in total. The van der Waals surface area contributed by atoms with E-state index >= 15 is 0 Å². The summed E-state index contributed by atoms with van der Waals surface area (Å²) in [4.78, 5) is 13.9. The van der Waals surface area contributed by atoms with E-state index in [1.165, 1.54) is 51.5 Å². The first-order valence-corrected chi connectivity index (χ1v) is 7.80. The lowest BCUT2D eigenvalue weighted by molar-refractivity contribution is -0.952. The Morgan fingerprint density at radius 2 is 2.06 bits per heavy atom. The Morgan fingerprint density at radius 3 is 2.78 bits per heavy atom. The monoisotopic (exact) mass is 252 g/mol. The number of hydrogen-bond acceptors (Lipinski definition) is 2. The highest BCUT2D eigenvalue weighted by Gasteiger charge is 2.59. The lowest BCUT2D eigenvalue weighted by Gasteiger charge is -2.38. The number of carbonyl (C=O) groups is 1. The summed E-state index contributed by atoms with van der Waals surface area (Å²) in [6.07, 6.45) is 10.5. The van der Waals surface area contributed by atoms with Crippen LogP contribution >= 0.6 is 0 Å².